The highest BCUT2D eigenvalue weighted by atomic mass is 35.5. The smallest absolute Gasteiger partial charge is 0.269 e. The third-order valence-electron chi connectivity index (χ3n) is 4.91. The van der Waals surface area contributed by atoms with Crippen LogP contribution in [0.5, 0.6) is 11.5 Å². The lowest BCUT2D eigenvalue weighted by atomic mass is 10.1. The van der Waals surface area contributed by atoms with Gasteiger partial charge in [0.2, 0.25) is 0 Å². The van der Waals surface area contributed by atoms with Crippen molar-refractivity contribution in [2.45, 2.75) is 20.5 Å². The van der Waals surface area contributed by atoms with E-state index in [2.05, 4.69) is 5.32 Å². The highest BCUT2D eigenvalue weighted by molar-refractivity contribution is 6.32. The average Bonchev–Trinajstić information content (AvgIpc) is 2.83. The van der Waals surface area contributed by atoms with Crippen LogP contribution in [0.3, 0.4) is 0 Å². The number of amides is 1. The molecule has 3 rings (SSSR count). The van der Waals surface area contributed by atoms with Crippen LogP contribution in [0, 0.1) is 28.4 Å². The van der Waals surface area contributed by atoms with E-state index in [1.807, 2.05) is 25.1 Å². The van der Waals surface area contributed by atoms with Gasteiger partial charge in [-0.15, -0.1) is 0 Å². The number of non-ortho nitro benzene ring substituents is 1. The van der Waals surface area contributed by atoms with Crippen LogP contribution in [0.25, 0.3) is 6.08 Å². The maximum absolute atomic E-state index is 12.7. The molecule has 178 valence electrons. The topological polar surface area (TPSA) is 114 Å². The molecule has 0 fully saturated rings. The van der Waals surface area contributed by atoms with Crippen molar-refractivity contribution in [1.82, 2.24) is 0 Å². The van der Waals surface area contributed by atoms with Gasteiger partial charge in [-0.1, -0.05) is 41.9 Å². The molecule has 0 spiro atoms. The number of rotatable bonds is 9. The molecule has 0 aliphatic carbocycles. The quantitative estimate of drug-likeness (QED) is 0.168. The first kappa shape index (κ1) is 25.3. The van der Waals surface area contributed by atoms with Crippen LogP contribution >= 0.6 is 11.6 Å². The van der Waals surface area contributed by atoms with Gasteiger partial charge in [0.05, 0.1) is 16.6 Å². The first-order valence-electron chi connectivity index (χ1n) is 10.6. The molecule has 1 N–H and O–H groups in total. The Balaban J connectivity index is 1.86. The summed E-state index contributed by atoms with van der Waals surface area (Å²) in [6, 6.07) is 18.4. The van der Waals surface area contributed by atoms with Gasteiger partial charge in [0, 0.05) is 17.8 Å². The number of carbonyl (C=O) groups is 1. The predicted molar refractivity (Wildman–Crippen MR) is 133 cm³/mol. The van der Waals surface area contributed by atoms with Gasteiger partial charge in [0.25, 0.3) is 11.6 Å². The Bertz CT molecular complexity index is 1330. The molecule has 0 aliphatic rings. The Hall–Kier alpha value is -4.35. The number of nitro groups is 1. The second-order valence-electron chi connectivity index (χ2n) is 7.42. The van der Waals surface area contributed by atoms with Gasteiger partial charge < -0.3 is 14.8 Å². The molecule has 3 aromatic rings. The van der Waals surface area contributed by atoms with E-state index in [0.717, 1.165) is 5.56 Å². The molecule has 0 bridgehead atoms. The van der Waals surface area contributed by atoms with Crippen molar-refractivity contribution in [3.05, 3.63) is 98.1 Å². The third-order valence-corrected chi connectivity index (χ3v) is 5.19. The van der Waals surface area contributed by atoms with Gasteiger partial charge in [-0.2, -0.15) is 5.26 Å². The average molecular weight is 492 g/mol. The Morgan fingerprint density at radius 2 is 1.94 bits per heavy atom. The molecular weight excluding hydrogens is 470 g/mol. The lowest BCUT2D eigenvalue weighted by Gasteiger charge is -2.15. The summed E-state index contributed by atoms with van der Waals surface area (Å²) >= 11 is 6.45. The highest BCUT2D eigenvalue weighted by Crippen LogP contribution is 2.38. The number of hydrogen-bond acceptors (Lipinski definition) is 6. The SMILES string of the molecule is CCOc1cc(/C=C(\C#N)C(=O)Nc2ccccc2C)cc(Cl)c1OCc1cccc([N+](=O)[O-])c1. The van der Waals surface area contributed by atoms with Crippen molar-refractivity contribution >= 4 is 35.0 Å². The summed E-state index contributed by atoms with van der Waals surface area (Å²) in [7, 11) is 0. The van der Waals surface area contributed by atoms with Gasteiger partial charge in [-0.25, -0.2) is 0 Å². The van der Waals surface area contributed by atoms with E-state index in [9.17, 15) is 20.2 Å². The summed E-state index contributed by atoms with van der Waals surface area (Å²) in [6.07, 6.45) is 1.41. The minimum Gasteiger partial charge on any atom is -0.490 e. The van der Waals surface area contributed by atoms with Crippen LogP contribution in [0.15, 0.2) is 66.2 Å². The maximum atomic E-state index is 12.7. The number of benzene rings is 3. The van der Waals surface area contributed by atoms with Crippen LogP contribution < -0.4 is 14.8 Å². The van der Waals surface area contributed by atoms with E-state index in [-0.39, 0.29) is 28.6 Å². The van der Waals surface area contributed by atoms with Crippen molar-refractivity contribution < 1.29 is 19.2 Å². The summed E-state index contributed by atoms with van der Waals surface area (Å²) in [5.41, 5.74) is 2.37. The first-order valence-corrected chi connectivity index (χ1v) is 11.0. The van der Waals surface area contributed by atoms with Crippen LogP contribution in [-0.2, 0) is 11.4 Å². The number of halogens is 1. The summed E-state index contributed by atoms with van der Waals surface area (Å²) in [6.45, 7) is 3.98. The predicted octanol–water partition coefficient (Wildman–Crippen LogP) is 6.08. The first-order chi connectivity index (χ1) is 16.8. The van der Waals surface area contributed by atoms with Gasteiger partial charge in [0.1, 0.15) is 18.2 Å². The van der Waals surface area contributed by atoms with Crippen molar-refractivity contribution in [1.29, 1.82) is 5.26 Å². The Morgan fingerprint density at radius 3 is 2.63 bits per heavy atom. The summed E-state index contributed by atoms with van der Waals surface area (Å²) in [5.74, 6) is 0.00945. The van der Waals surface area contributed by atoms with Gasteiger partial charge in [0.15, 0.2) is 11.5 Å². The van der Waals surface area contributed by atoms with Crippen molar-refractivity contribution in [3.8, 4) is 17.6 Å². The zero-order chi connectivity index (χ0) is 25.4. The number of anilines is 1. The number of nitrogens with one attached hydrogen (secondary N) is 1. The number of nitro benzene ring substituents is 1. The van der Waals surface area contributed by atoms with E-state index in [1.54, 1.807) is 43.3 Å². The standard InChI is InChI=1S/C26H22ClN3O5/c1-3-34-24-14-19(11-20(15-28)26(31)29-23-10-5-4-7-17(23)2)13-22(27)25(24)35-16-18-8-6-9-21(12-18)30(32)33/h4-14H,3,16H2,1-2H3,(H,29,31)/b20-11+. The van der Waals surface area contributed by atoms with E-state index in [1.165, 1.54) is 18.2 Å². The van der Waals surface area contributed by atoms with Crippen molar-refractivity contribution in [2.24, 2.45) is 0 Å². The van der Waals surface area contributed by atoms with E-state index >= 15 is 0 Å². The molecule has 0 unspecified atom stereocenters. The number of nitriles is 1. The fraction of sp³-hybridized carbons (Fsp3) is 0.154. The second-order valence-corrected chi connectivity index (χ2v) is 7.82. The van der Waals surface area contributed by atoms with Crippen LogP contribution in [-0.4, -0.2) is 17.4 Å². The zero-order valence-corrected chi connectivity index (χ0v) is 19.8. The minimum absolute atomic E-state index is 0.0267. The highest BCUT2D eigenvalue weighted by Gasteiger charge is 2.16. The van der Waals surface area contributed by atoms with Crippen molar-refractivity contribution in [3.63, 3.8) is 0 Å². The number of ether oxygens (including phenoxy) is 2. The molecule has 0 atom stereocenters. The maximum Gasteiger partial charge on any atom is 0.269 e. The molecule has 8 nitrogen and oxygen atoms in total. The molecule has 0 radical (unpaired) electrons. The summed E-state index contributed by atoms with van der Waals surface area (Å²) < 4.78 is 11.5. The van der Waals surface area contributed by atoms with E-state index in [0.29, 0.717) is 29.2 Å². The van der Waals surface area contributed by atoms with Crippen LogP contribution in [0.1, 0.15) is 23.6 Å². The fourth-order valence-corrected chi connectivity index (χ4v) is 3.48. The molecular formula is C26H22ClN3O5. The Kier molecular flexibility index (Phi) is 8.43. The monoisotopic (exact) mass is 491 g/mol. The summed E-state index contributed by atoms with van der Waals surface area (Å²) in [4.78, 5) is 23.2. The molecule has 35 heavy (non-hydrogen) atoms. The minimum atomic E-state index is -0.554. The third kappa shape index (κ3) is 6.59. The molecule has 0 saturated carbocycles. The number of para-hydroxylation sites is 1. The van der Waals surface area contributed by atoms with Crippen LogP contribution in [0.4, 0.5) is 11.4 Å². The van der Waals surface area contributed by atoms with Crippen molar-refractivity contribution in [2.75, 3.05) is 11.9 Å². The number of carbonyl (C=O) groups excluding carboxylic acids is 1. The molecule has 3 aromatic carbocycles. The zero-order valence-electron chi connectivity index (χ0n) is 19.1. The normalized spacial score (nSPS) is 10.9. The number of hydrogen-bond donors (Lipinski definition) is 1. The second kappa shape index (κ2) is 11.7. The lowest BCUT2D eigenvalue weighted by molar-refractivity contribution is -0.384. The van der Waals surface area contributed by atoms with E-state index < -0.39 is 10.8 Å². The summed E-state index contributed by atoms with van der Waals surface area (Å²) in [5, 5.41) is 23.5. The van der Waals surface area contributed by atoms with Gasteiger partial charge in [-0.05, 0) is 54.8 Å². The fourth-order valence-electron chi connectivity index (χ4n) is 3.21. The van der Waals surface area contributed by atoms with Gasteiger partial charge in [-0.3, -0.25) is 14.9 Å². The molecule has 0 aromatic heterocycles. The number of aryl methyl sites for hydroxylation is 1. The van der Waals surface area contributed by atoms with E-state index in [4.69, 9.17) is 21.1 Å². The molecule has 0 saturated heterocycles. The molecule has 0 aliphatic heterocycles. The molecule has 0 heterocycles. The molecule has 1 amide bonds. The Morgan fingerprint density at radius 1 is 1.17 bits per heavy atom. The Labute approximate surface area is 207 Å². The number of nitrogens with zero attached hydrogens (tertiary/aromatic N) is 2. The molecule has 9 heteroatoms. The van der Waals surface area contributed by atoms with Crippen LogP contribution in [0.2, 0.25) is 5.02 Å². The largest absolute Gasteiger partial charge is 0.490 e. The lowest BCUT2D eigenvalue weighted by Crippen LogP contribution is -2.14. The van der Waals surface area contributed by atoms with Gasteiger partial charge >= 0.3 is 0 Å².